The summed E-state index contributed by atoms with van der Waals surface area (Å²) in [7, 11) is 0. The van der Waals surface area contributed by atoms with Crippen molar-refractivity contribution >= 4 is 5.97 Å². The number of carboxylic acids is 1. The van der Waals surface area contributed by atoms with Crippen LogP contribution in [0.25, 0.3) is 0 Å². The van der Waals surface area contributed by atoms with Gasteiger partial charge in [0, 0.05) is 13.1 Å². The largest absolute Gasteiger partial charge is 0.480 e. The normalized spacial score (nSPS) is 9.44. The average molecular weight is 133 g/mol. The van der Waals surface area contributed by atoms with Crippen molar-refractivity contribution in [3.63, 3.8) is 0 Å². The highest BCUT2D eigenvalue weighted by Gasteiger charge is 1.91. The topological polar surface area (TPSA) is 87.4 Å². The smallest absolute Gasteiger partial charge is 0.318 e. The van der Waals surface area contributed by atoms with E-state index in [1.54, 1.807) is 0 Å². The van der Waals surface area contributed by atoms with Gasteiger partial charge in [0.2, 0.25) is 0 Å². The molecule has 0 amide bonds. The molecule has 0 aromatic rings. The molecule has 0 aliphatic rings. The van der Waals surface area contributed by atoms with Crippen molar-refractivity contribution in [2.75, 3.05) is 19.6 Å². The molecule has 5 heteroatoms. The van der Waals surface area contributed by atoms with Crippen molar-refractivity contribution in [1.82, 2.24) is 10.9 Å². The lowest BCUT2D eigenvalue weighted by molar-refractivity contribution is -0.136. The Kier molecular flexibility index (Phi) is 5.09. The highest BCUT2D eigenvalue weighted by atomic mass is 16.4. The highest BCUT2D eigenvalue weighted by molar-refractivity contribution is 5.68. The first kappa shape index (κ1) is 8.35. The van der Waals surface area contributed by atoms with E-state index >= 15 is 0 Å². The lowest BCUT2D eigenvalue weighted by Gasteiger charge is -2.00. The molecular formula is C4H11N3O2. The number of carboxylic acid groups (broad SMARTS) is 1. The maximum absolute atomic E-state index is 9.83. The van der Waals surface area contributed by atoms with Crippen LogP contribution in [0, 0.1) is 0 Å². The zero-order valence-electron chi connectivity index (χ0n) is 5.05. The minimum Gasteiger partial charge on any atom is -0.480 e. The van der Waals surface area contributed by atoms with Gasteiger partial charge < -0.3 is 10.8 Å². The summed E-state index contributed by atoms with van der Waals surface area (Å²) in [4.78, 5) is 9.83. The highest BCUT2D eigenvalue weighted by Crippen LogP contribution is 1.54. The second-order valence-electron chi connectivity index (χ2n) is 1.46. The lowest BCUT2D eigenvalue weighted by atomic mass is 10.7. The molecule has 0 aromatic heterocycles. The Morgan fingerprint density at radius 2 is 2.22 bits per heavy atom. The van der Waals surface area contributed by atoms with Gasteiger partial charge in [0.05, 0.1) is 0 Å². The van der Waals surface area contributed by atoms with Crippen LogP contribution < -0.4 is 16.6 Å². The Bertz CT molecular complexity index is 85.9. The van der Waals surface area contributed by atoms with Gasteiger partial charge in [-0.2, -0.15) is 0 Å². The molecule has 0 heterocycles. The van der Waals surface area contributed by atoms with Gasteiger partial charge >= 0.3 is 5.97 Å². The fraction of sp³-hybridized carbons (Fsp3) is 0.750. The summed E-state index contributed by atoms with van der Waals surface area (Å²) in [5.41, 5.74) is 10.2. The number of rotatable bonds is 5. The first-order valence-corrected chi connectivity index (χ1v) is 2.65. The second-order valence-corrected chi connectivity index (χ2v) is 1.46. The van der Waals surface area contributed by atoms with Gasteiger partial charge in [0.15, 0.2) is 0 Å². The van der Waals surface area contributed by atoms with E-state index in [1.807, 2.05) is 0 Å². The van der Waals surface area contributed by atoms with Crippen molar-refractivity contribution in [2.45, 2.75) is 0 Å². The molecule has 5 N–H and O–H groups in total. The number of nitrogens with two attached hydrogens (primary N) is 1. The monoisotopic (exact) mass is 133 g/mol. The summed E-state index contributed by atoms with van der Waals surface area (Å²) in [5.74, 6) is -0.889. The quantitative estimate of drug-likeness (QED) is 0.260. The Morgan fingerprint density at radius 3 is 2.67 bits per heavy atom. The van der Waals surface area contributed by atoms with Crippen LogP contribution in [0.5, 0.6) is 0 Å². The Labute approximate surface area is 53.2 Å². The van der Waals surface area contributed by atoms with Gasteiger partial charge in [-0.1, -0.05) is 0 Å². The van der Waals surface area contributed by atoms with Crippen LogP contribution in [0.4, 0.5) is 0 Å². The second kappa shape index (κ2) is 5.49. The fourth-order valence-electron chi connectivity index (χ4n) is 0.299. The number of nitrogens with one attached hydrogen (secondary N) is 2. The molecule has 0 rings (SSSR count). The van der Waals surface area contributed by atoms with Crippen molar-refractivity contribution in [3.05, 3.63) is 0 Å². The van der Waals surface area contributed by atoms with Crippen LogP contribution in [0.1, 0.15) is 0 Å². The Balaban J connectivity index is 2.83. The molecule has 0 bridgehead atoms. The molecule has 9 heavy (non-hydrogen) atoms. The summed E-state index contributed by atoms with van der Waals surface area (Å²) in [6, 6.07) is 0. The van der Waals surface area contributed by atoms with Crippen LogP contribution in [-0.2, 0) is 4.79 Å². The summed E-state index contributed by atoms with van der Waals surface area (Å²) < 4.78 is 0. The molecule has 0 spiro atoms. The van der Waals surface area contributed by atoms with Gasteiger partial charge in [0.1, 0.15) is 6.54 Å². The van der Waals surface area contributed by atoms with E-state index < -0.39 is 5.97 Å². The molecule has 0 aromatic carbocycles. The maximum Gasteiger partial charge on any atom is 0.318 e. The maximum atomic E-state index is 9.83. The third-order valence-corrected chi connectivity index (χ3v) is 0.634. The standard InChI is InChI=1S/C4H11N3O2/c5-1-2-6-7-3-4(8)9/h6-7H,1-3,5H2,(H,8,9). The molecule has 0 fully saturated rings. The van der Waals surface area contributed by atoms with E-state index in [-0.39, 0.29) is 6.54 Å². The fourth-order valence-corrected chi connectivity index (χ4v) is 0.299. The number of hydrogen-bond donors (Lipinski definition) is 4. The predicted molar refractivity (Wildman–Crippen MR) is 32.7 cm³/mol. The van der Waals surface area contributed by atoms with Gasteiger partial charge in [0.25, 0.3) is 0 Å². The summed E-state index contributed by atoms with van der Waals surface area (Å²) in [6.45, 7) is 0.986. The van der Waals surface area contributed by atoms with Crippen LogP contribution in [0.2, 0.25) is 0 Å². The minimum absolute atomic E-state index is 0.0833. The summed E-state index contributed by atoms with van der Waals surface area (Å²) in [5, 5.41) is 8.08. The zero-order valence-corrected chi connectivity index (χ0v) is 5.05. The molecule has 0 unspecified atom stereocenters. The lowest BCUT2D eigenvalue weighted by Crippen LogP contribution is -2.38. The number of hydrogen-bond acceptors (Lipinski definition) is 4. The van der Waals surface area contributed by atoms with Crippen molar-refractivity contribution < 1.29 is 9.90 Å². The molecule has 0 saturated carbocycles. The number of hydrazine groups is 1. The Hall–Kier alpha value is -0.650. The average Bonchev–Trinajstić information content (AvgIpc) is 1.80. The first-order chi connectivity index (χ1) is 4.27. The van der Waals surface area contributed by atoms with Crippen LogP contribution >= 0.6 is 0 Å². The molecule has 0 aliphatic carbocycles. The van der Waals surface area contributed by atoms with E-state index in [4.69, 9.17) is 10.8 Å². The van der Waals surface area contributed by atoms with E-state index in [2.05, 4.69) is 10.9 Å². The molecule has 5 nitrogen and oxygen atoms in total. The molecule has 0 aliphatic heterocycles. The van der Waals surface area contributed by atoms with Gasteiger partial charge in [-0.05, 0) is 0 Å². The molecule has 0 atom stereocenters. The number of aliphatic carboxylic acids is 1. The van der Waals surface area contributed by atoms with E-state index in [0.29, 0.717) is 13.1 Å². The number of carbonyl (C=O) groups is 1. The van der Waals surface area contributed by atoms with E-state index in [9.17, 15) is 4.79 Å². The zero-order chi connectivity index (χ0) is 7.11. The first-order valence-electron chi connectivity index (χ1n) is 2.65. The van der Waals surface area contributed by atoms with Crippen molar-refractivity contribution in [3.8, 4) is 0 Å². The van der Waals surface area contributed by atoms with Crippen molar-refractivity contribution in [1.29, 1.82) is 0 Å². The third kappa shape index (κ3) is 7.35. The van der Waals surface area contributed by atoms with E-state index in [1.165, 1.54) is 0 Å². The predicted octanol–water partition coefficient (Wildman–Crippen LogP) is -1.88. The summed E-state index contributed by atoms with van der Waals surface area (Å²) >= 11 is 0. The van der Waals surface area contributed by atoms with Gasteiger partial charge in [-0.3, -0.25) is 10.2 Å². The van der Waals surface area contributed by atoms with Crippen LogP contribution in [0.15, 0.2) is 0 Å². The van der Waals surface area contributed by atoms with Gasteiger partial charge in [-0.15, -0.1) is 0 Å². The Morgan fingerprint density at radius 1 is 1.56 bits per heavy atom. The van der Waals surface area contributed by atoms with Crippen LogP contribution in [-0.4, -0.2) is 30.7 Å². The van der Waals surface area contributed by atoms with Crippen molar-refractivity contribution in [2.24, 2.45) is 5.73 Å². The molecule has 0 saturated heterocycles. The molecular weight excluding hydrogens is 122 g/mol. The van der Waals surface area contributed by atoms with Gasteiger partial charge in [-0.25, -0.2) is 5.43 Å². The SMILES string of the molecule is NCCNNCC(=O)O. The molecule has 0 radical (unpaired) electrons. The molecule has 54 valence electrons. The van der Waals surface area contributed by atoms with E-state index in [0.717, 1.165) is 0 Å². The van der Waals surface area contributed by atoms with Crippen LogP contribution in [0.3, 0.4) is 0 Å². The summed E-state index contributed by atoms with van der Waals surface area (Å²) in [6.07, 6.45) is 0. The third-order valence-electron chi connectivity index (χ3n) is 0.634. The minimum atomic E-state index is -0.889.